The molecule has 1 aliphatic rings. The van der Waals surface area contributed by atoms with E-state index in [2.05, 4.69) is 54.0 Å². The summed E-state index contributed by atoms with van der Waals surface area (Å²) in [5.74, 6) is 2.20. The second kappa shape index (κ2) is 7.34. The van der Waals surface area contributed by atoms with Crippen molar-refractivity contribution in [2.24, 2.45) is 0 Å². The monoisotopic (exact) mass is 294 g/mol. The lowest BCUT2D eigenvalue weighted by Gasteiger charge is -2.37. The van der Waals surface area contributed by atoms with Crippen molar-refractivity contribution < 1.29 is 4.74 Å². The molecule has 20 heavy (non-hydrogen) atoms. The van der Waals surface area contributed by atoms with Gasteiger partial charge in [0, 0.05) is 36.7 Å². The standard InChI is InChI=1S/C16H26N2OS/c1-16(2)13-18(8-10-20-16)7-9-19-15-6-4-5-14(11-15)12-17-3/h4-6,11,17H,7-10,12-13H2,1-3H3. The molecule has 3 nitrogen and oxygen atoms in total. The van der Waals surface area contributed by atoms with Gasteiger partial charge in [-0.2, -0.15) is 11.8 Å². The van der Waals surface area contributed by atoms with Gasteiger partial charge in [0.15, 0.2) is 0 Å². The summed E-state index contributed by atoms with van der Waals surface area (Å²) in [6.07, 6.45) is 0. The Morgan fingerprint density at radius 1 is 1.40 bits per heavy atom. The summed E-state index contributed by atoms with van der Waals surface area (Å²) < 4.78 is 6.27. The summed E-state index contributed by atoms with van der Waals surface area (Å²) in [5, 5.41) is 3.16. The molecule has 1 fully saturated rings. The van der Waals surface area contributed by atoms with Crippen molar-refractivity contribution in [1.82, 2.24) is 10.2 Å². The van der Waals surface area contributed by atoms with Crippen LogP contribution in [0.3, 0.4) is 0 Å². The molecule has 112 valence electrons. The molecule has 4 heteroatoms. The van der Waals surface area contributed by atoms with Crippen LogP contribution in [0.5, 0.6) is 5.75 Å². The molecule has 0 saturated carbocycles. The number of ether oxygens (including phenoxy) is 1. The molecule has 0 aromatic heterocycles. The van der Waals surface area contributed by atoms with Crippen molar-refractivity contribution in [2.45, 2.75) is 25.1 Å². The van der Waals surface area contributed by atoms with Crippen molar-refractivity contribution in [3.63, 3.8) is 0 Å². The lowest BCUT2D eigenvalue weighted by Crippen LogP contribution is -2.44. The number of rotatable bonds is 6. The van der Waals surface area contributed by atoms with Gasteiger partial charge in [0.1, 0.15) is 12.4 Å². The van der Waals surface area contributed by atoms with Gasteiger partial charge in [-0.25, -0.2) is 0 Å². The van der Waals surface area contributed by atoms with E-state index in [9.17, 15) is 0 Å². The van der Waals surface area contributed by atoms with Gasteiger partial charge in [-0.1, -0.05) is 12.1 Å². The molecular formula is C16H26N2OS. The molecule has 0 aliphatic carbocycles. The summed E-state index contributed by atoms with van der Waals surface area (Å²) in [5.41, 5.74) is 1.26. The fourth-order valence-corrected chi connectivity index (χ4v) is 3.72. The Balaban J connectivity index is 1.76. The summed E-state index contributed by atoms with van der Waals surface area (Å²) in [4.78, 5) is 2.51. The summed E-state index contributed by atoms with van der Waals surface area (Å²) >= 11 is 2.07. The molecule has 1 aromatic rings. The molecule has 2 rings (SSSR count). The minimum Gasteiger partial charge on any atom is -0.492 e. The number of hydrogen-bond donors (Lipinski definition) is 1. The molecule has 1 saturated heterocycles. The maximum atomic E-state index is 5.89. The normalized spacial score (nSPS) is 18.9. The predicted molar refractivity (Wildman–Crippen MR) is 87.7 cm³/mol. The van der Waals surface area contributed by atoms with Gasteiger partial charge in [0.05, 0.1) is 0 Å². The zero-order valence-corrected chi connectivity index (χ0v) is 13.6. The van der Waals surface area contributed by atoms with Crippen LogP contribution in [0.15, 0.2) is 24.3 Å². The number of benzene rings is 1. The smallest absolute Gasteiger partial charge is 0.119 e. The van der Waals surface area contributed by atoms with E-state index in [-0.39, 0.29) is 0 Å². The highest BCUT2D eigenvalue weighted by molar-refractivity contribution is 8.00. The highest BCUT2D eigenvalue weighted by atomic mass is 32.2. The molecule has 0 amide bonds. The van der Waals surface area contributed by atoms with E-state index in [0.29, 0.717) is 4.75 Å². The van der Waals surface area contributed by atoms with Gasteiger partial charge in [-0.15, -0.1) is 0 Å². The summed E-state index contributed by atoms with van der Waals surface area (Å²) in [6.45, 7) is 9.65. The Kier molecular flexibility index (Phi) is 5.75. The fraction of sp³-hybridized carbons (Fsp3) is 0.625. The van der Waals surface area contributed by atoms with Crippen molar-refractivity contribution in [2.75, 3.05) is 39.0 Å². The Hall–Kier alpha value is -0.710. The van der Waals surface area contributed by atoms with Crippen LogP contribution in [0, 0.1) is 0 Å². The molecule has 1 aromatic carbocycles. The Morgan fingerprint density at radius 2 is 2.25 bits per heavy atom. The first-order valence-electron chi connectivity index (χ1n) is 7.32. The van der Waals surface area contributed by atoms with E-state index in [1.54, 1.807) is 0 Å². The maximum absolute atomic E-state index is 5.89. The first-order valence-corrected chi connectivity index (χ1v) is 8.30. The van der Waals surface area contributed by atoms with Crippen LogP contribution >= 0.6 is 11.8 Å². The number of nitrogens with one attached hydrogen (secondary N) is 1. The van der Waals surface area contributed by atoms with E-state index in [1.165, 1.54) is 17.9 Å². The Bertz CT molecular complexity index is 423. The molecule has 0 bridgehead atoms. The van der Waals surface area contributed by atoms with Gasteiger partial charge >= 0.3 is 0 Å². The third kappa shape index (κ3) is 5.00. The van der Waals surface area contributed by atoms with Crippen LogP contribution in [0.25, 0.3) is 0 Å². The van der Waals surface area contributed by atoms with E-state index in [4.69, 9.17) is 4.74 Å². The number of hydrogen-bond acceptors (Lipinski definition) is 4. The third-order valence-corrected chi connectivity index (χ3v) is 4.76. The van der Waals surface area contributed by atoms with Crippen LogP contribution in [0.1, 0.15) is 19.4 Å². The molecule has 1 aliphatic heterocycles. The molecule has 1 N–H and O–H groups in total. The maximum Gasteiger partial charge on any atom is 0.119 e. The zero-order chi connectivity index (χ0) is 14.4. The van der Waals surface area contributed by atoms with Crippen LogP contribution in [0.4, 0.5) is 0 Å². The van der Waals surface area contributed by atoms with Crippen molar-refractivity contribution in [3.05, 3.63) is 29.8 Å². The second-order valence-electron chi connectivity index (χ2n) is 5.91. The van der Waals surface area contributed by atoms with Crippen LogP contribution in [-0.2, 0) is 6.54 Å². The van der Waals surface area contributed by atoms with E-state index >= 15 is 0 Å². The van der Waals surface area contributed by atoms with E-state index in [1.807, 2.05) is 13.1 Å². The largest absolute Gasteiger partial charge is 0.492 e. The quantitative estimate of drug-likeness (QED) is 0.871. The molecule has 0 spiro atoms. The fourth-order valence-electron chi connectivity index (χ4n) is 2.55. The Morgan fingerprint density at radius 3 is 3.00 bits per heavy atom. The van der Waals surface area contributed by atoms with E-state index < -0.39 is 0 Å². The minimum atomic E-state index is 0.380. The Labute approximate surface area is 127 Å². The van der Waals surface area contributed by atoms with Crippen molar-refractivity contribution in [1.29, 1.82) is 0 Å². The molecule has 0 radical (unpaired) electrons. The van der Waals surface area contributed by atoms with Gasteiger partial charge in [-0.05, 0) is 38.6 Å². The van der Waals surface area contributed by atoms with Crippen molar-refractivity contribution in [3.8, 4) is 5.75 Å². The van der Waals surface area contributed by atoms with Gasteiger partial charge < -0.3 is 10.1 Å². The van der Waals surface area contributed by atoms with E-state index in [0.717, 1.165) is 32.0 Å². The van der Waals surface area contributed by atoms with Crippen LogP contribution in [-0.4, -0.2) is 48.7 Å². The average Bonchev–Trinajstić information content (AvgIpc) is 2.38. The average molecular weight is 294 g/mol. The SMILES string of the molecule is CNCc1cccc(OCCN2CCSC(C)(C)C2)c1. The first kappa shape index (κ1) is 15.7. The number of thioether (sulfide) groups is 1. The second-order valence-corrected chi connectivity index (χ2v) is 7.71. The van der Waals surface area contributed by atoms with Gasteiger partial charge in [0.2, 0.25) is 0 Å². The number of nitrogens with zero attached hydrogens (tertiary/aromatic N) is 1. The van der Waals surface area contributed by atoms with Crippen LogP contribution < -0.4 is 10.1 Å². The highest BCUT2D eigenvalue weighted by Gasteiger charge is 2.26. The highest BCUT2D eigenvalue weighted by Crippen LogP contribution is 2.29. The molecule has 0 unspecified atom stereocenters. The molecule has 0 atom stereocenters. The van der Waals surface area contributed by atoms with Gasteiger partial charge in [0.25, 0.3) is 0 Å². The van der Waals surface area contributed by atoms with Gasteiger partial charge in [-0.3, -0.25) is 4.90 Å². The van der Waals surface area contributed by atoms with Crippen LogP contribution in [0.2, 0.25) is 0 Å². The third-order valence-electron chi connectivity index (χ3n) is 3.46. The lowest BCUT2D eigenvalue weighted by atomic mass is 10.2. The summed E-state index contributed by atoms with van der Waals surface area (Å²) in [7, 11) is 1.96. The predicted octanol–water partition coefficient (Wildman–Crippen LogP) is 2.61. The zero-order valence-electron chi connectivity index (χ0n) is 12.8. The lowest BCUT2D eigenvalue weighted by molar-refractivity contribution is 0.202. The van der Waals surface area contributed by atoms with Crippen molar-refractivity contribution >= 4 is 11.8 Å². The topological polar surface area (TPSA) is 24.5 Å². The summed E-state index contributed by atoms with van der Waals surface area (Å²) in [6, 6.07) is 8.33. The molecule has 1 heterocycles. The molecular weight excluding hydrogens is 268 g/mol. The minimum absolute atomic E-state index is 0.380. The first-order chi connectivity index (χ1) is 9.59.